The Morgan fingerprint density at radius 1 is 0.941 bits per heavy atom. The molecule has 0 aliphatic heterocycles. The number of nitrogens with one attached hydrogen (secondary N) is 1. The first kappa shape index (κ1) is 24.8. The van der Waals surface area contributed by atoms with Crippen LogP contribution in [0.2, 0.25) is 0 Å². The molecule has 0 saturated heterocycles. The lowest BCUT2D eigenvalue weighted by Gasteiger charge is -2.31. The molecular formula is C27H29FN2O4. The van der Waals surface area contributed by atoms with Crippen molar-refractivity contribution in [1.29, 1.82) is 0 Å². The molecule has 2 amide bonds. The number of amides is 2. The highest BCUT2D eigenvalue weighted by Crippen LogP contribution is 2.19. The molecule has 7 heteroatoms. The summed E-state index contributed by atoms with van der Waals surface area (Å²) >= 11 is 0. The van der Waals surface area contributed by atoms with Crippen molar-refractivity contribution in [1.82, 2.24) is 10.2 Å². The van der Waals surface area contributed by atoms with E-state index in [9.17, 15) is 14.0 Å². The van der Waals surface area contributed by atoms with Crippen LogP contribution in [0.5, 0.6) is 11.5 Å². The average Bonchev–Trinajstić information content (AvgIpc) is 2.86. The Balaban J connectivity index is 1.89. The van der Waals surface area contributed by atoms with E-state index in [1.165, 1.54) is 29.2 Å². The summed E-state index contributed by atoms with van der Waals surface area (Å²) in [5.41, 5.74) is 1.75. The summed E-state index contributed by atoms with van der Waals surface area (Å²) in [6.45, 7) is 2.18. The van der Waals surface area contributed by atoms with Crippen molar-refractivity contribution in [3.05, 3.63) is 95.8 Å². The van der Waals surface area contributed by atoms with Crippen molar-refractivity contribution in [2.24, 2.45) is 0 Å². The monoisotopic (exact) mass is 464 g/mol. The molecule has 3 aromatic carbocycles. The van der Waals surface area contributed by atoms with Crippen LogP contribution < -0.4 is 14.8 Å². The zero-order valence-electron chi connectivity index (χ0n) is 19.4. The van der Waals surface area contributed by atoms with Crippen molar-refractivity contribution in [2.75, 3.05) is 20.3 Å². The highest BCUT2D eigenvalue weighted by Gasteiger charge is 2.30. The Bertz CT molecular complexity index is 1070. The molecular weight excluding hydrogens is 435 g/mol. The quantitative estimate of drug-likeness (QED) is 0.466. The topological polar surface area (TPSA) is 67.9 Å². The van der Waals surface area contributed by atoms with Crippen LogP contribution in [0.15, 0.2) is 78.9 Å². The number of hydrogen-bond acceptors (Lipinski definition) is 4. The van der Waals surface area contributed by atoms with E-state index in [0.29, 0.717) is 24.5 Å². The molecule has 0 saturated carbocycles. The van der Waals surface area contributed by atoms with E-state index in [4.69, 9.17) is 9.47 Å². The third kappa shape index (κ3) is 7.07. The maximum Gasteiger partial charge on any atom is 0.261 e. The van der Waals surface area contributed by atoms with Gasteiger partial charge in [0.25, 0.3) is 5.91 Å². The molecule has 178 valence electrons. The van der Waals surface area contributed by atoms with Crippen LogP contribution in [0, 0.1) is 5.82 Å². The summed E-state index contributed by atoms with van der Waals surface area (Å²) in [6, 6.07) is 21.6. The van der Waals surface area contributed by atoms with Crippen molar-refractivity contribution in [3.63, 3.8) is 0 Å². The highest BCUT2D eigenvalue weighted by atomic mass is 19.1. The van der Waals surface area contributed by atoms with Crippen LogP contribution in [0.4, 0.5) is 4.39 Å². The first-order valence-corrected chi connectivity index (χ1v) is 11.1. The number of carbonyl (C=O) groups is 2. The second kappa shape index (κ2) is 12.4. The fourth-order valence-corrected chi connectivity index (χ4v) is 3.57. The number of nitrogens with zero attached hydrogens (tertiary/aromatic N) is 1. The van der Waals surface area contributed by atoms with E-state index in [1.807, 2.05) is 61.5 Å². The molecule has 3 aromatic rings. The van der Waals surface area contributed by atoms with E-state index in [2.05, 4.69) is 5.32 Å². The van der Waals surface area contributed by atoms with Gasteiger partial charge in [-0.1, -0.05) is 42.5 Å². The van der Waals surface area contributed by atoms with Gasteiger partial charge in [-0.05, 0) is 54.4 Å². The molecule has 0 fully saturated rings. The summed E-state index contributed by atoms with van der Waals surface area (Å²) in [4.78, 5) is 28.0. The minimum Gasteiger partial charge on any atom is -0.497 e. The third-order valence-electron chi connectivity index (χ3n) is 5.29. The first-order valence-electron chi connectivity index (χ1n) is 11.1. The number of ether oxygens (including phenoxy) is 2. The van der Waals surface area contributed by atoms with Crippen molar-refractivity contribution >= 4 is 11.8 Å². The Morgan fingerprint density at radius 3 is 2.32 bits per heavy atom. The zero-order valence-corrected chi connectivity index (χ0v) is 19.4. The number of hydrogen-bond donors (Lipinski definition) is 1. The molecule has 1 N–H and O–H groups in total. The van der Waals surface area contributed by atoms with Crippen LogP contribution in [0.25, 0.3) is 0 Å². The van der Waals surface area contributed by atoms with Gasteiger partial charge in [-0.15, -0.1) is 0 Å². The van der Waals surface area contributed by atoms with Crippen LogP contribution in [-0.4, -0.2) is 43.0 Å². The van der Waals surface area contributed by atoms with E-state index < -0.39 is 11.9 Å². The normalized spacial score (nSPS) is 11.4. The first-order chi connectivity index (χ1) is 16.5. The molecule has 0 radical (unpaired) electrons. The Morgan fingerprint density at radius 2 is 1.65 bits per heavy atom. The van der Waals surface area contributed by atoms with Crippen LogP contribution >= 0.6 is 0 Å². The second-order valence-electron chi connectivity index (χ2n) is 7.72. The zero-order chi connectivity index (χ0) is 24.3. The van der Waals surface area contributed by atoms with Gasteiger partial charge in [-0.2, -0.15) is 0 Å². The van der Waals surface area contributed by atoms with Gasteiger partial charge < -0.3 is 19.7 Å². The standard InChI is InChI=1S/C27H29FN2O4/c1-3-29-27(32)25(17-20-8-5-4-6-9-20)30(18-21-10-7-11-24(16-21)33-2)26(31)19-34-23-14-12-22(28)13-15-23/h4-16,25H,3,17-19H2,1-2H3,(H,29,32). The average molecular weight is 465 g/mol. The van der Waals surface area contributed by atoms with Crippen LogP contribution in [-0.2, 0) is 22.6 Å². The van der Waals surface area contributed by atoms with Gasteiger partial charge in [-0.3, -0.25) is 9.59 Å². The number of halogens is 1. The van der Waals surface area contributed by atoms with Gasteiger partial charge >= 0.3 is 0 Å². The molecule has 0 spiro atoms. The molecule has 0 heterocycles. The predicted molar refractivity (Wildman–Crippen MR) is 128 cm³/mol. The summed E-state index contributed by atoms with van der Waals surface area (Å²) in [5.74, 6) is 0.0278. The Kier molecular flexibility index (Phi) is 9.03. The van der Waals surface area contributed by atoms with E-state index in [-0.39, 0.29) is 25.0 Å². The van der Waals surface area contributed by atoms with Gasteiger partial charge in [0.2, 0.25) is 5.91 Å². The molecule has 1 unspecified atom stereocenters. The smallest absolute Gasteiger partial charge is 0.261 e. The number of rotatable bonds is 11. The Hall–Kier alpha value is -3.87. The lowest BCUT2D eigenvalue weighted by atomic mass is 10.0. The highest BCUT2D eigenvalue weighted by molar-refractivity contribution is 5.88. The van der Waals surface area contributed by atoms with Gasteiger partial charge in [0, 0.05) is 19.5 Å². The molecule has 0 aliphatic carbocycles. The number of carbonyl (C=O) groups excluding carboxylic acids is 2. The molecule has 0 bridgehead atoms. The minimum atomic E-state index is -0.752. The number of likely N-dealkylation sites (N-methyl/N-ethyl adjacent to an activating group) is 1. The molecule has 0 aliphatic rings. The summed E-state index contributed by atoms with van der Waals surface area (Å²) < 4.78 is 24.1. The van der Waals surface area contributed by atoms with Crippen LogP contribution in [0.1, 0.15) is 18.1 Å². The van der Waals surface area contributed by atoms with Gasteiger partial charge in [-0.25, -0.2) is 4.39 Å². The Labute approximate surface area is 199 Å². The molecule has 1 atom stereocenters. The number of benzene rings is 3. The second-order valence-corrected chi connectivity index (χ2v) is 7.72. The van der Waals surface area contributed by atoms with Crippen molar-refractivity contribution in [2.45, 2.75) is 25.9 Å². The van der Waals surface area contributed by atoms with Crippen molar-refractivity contribution < 1.29 is 23.5 Å². The largest absolute Gasteiger partial charge is 0.497 e. The van der Waals surface area contributed by atoms with Crippen molar-refractivity contribution in [3.8, 4) is 11.5 Å². The third-order valence-corrected chi connectivity index (χ3v) is 5.29. The lowest BCUT2D eigenvalue weighted by molar-refractivity contribution is -0.142. The van der Waals surface area contributed by atoms with Gasteiger partial charge in [0.15, 0.2) is 6.61 Å². The summed E-state index contributed by atoms with van der Waals surface area (Å²) in [5, 5.41) is 2.85. The number of methoxy groups -OCH3 is 1. The lowest BCUT2D eigenvalue weighted by Crippen LogP contribution is -2.51. The summed E-state index contributed by atoms with van der Waals surface area (Å²) in [6.07, 6.45) is 0.346. The molecule has 34 heavy (non-hydrogen) atoms. The molecule has 6 nitrogen and oxygen atoms in total. The predicted octanol–water partition coefficient (Wildman–Crippen LogP) is 3.99. The van der Waals surface area contributed by atoms with E-state index >= 15 is 0 Å². The fraction of sp³-hybridized carbons (Fsp3) is 0.259. The fourth-order valence-electron chi connectivity index (χ4n) is 3.57. The molecule has 0 aromatic heterocycles. The van der Waals surface area contributed by atoms with Gasteiger partial charge in [0.05, 0.1) is 7.11 Å². The van der Waals surface area contributed by atoms with E-state index in [0.717, 1.165) is 11.1 Å². The maximum atomic E-state index is 13.4. The van der Waals surface area contributed by atoms with E-state index in [1.54, 1.807) is 7.11 Å². The SMILES string of the molecule is CCNC(=O)C(Cc1ccccc1)N(Cc1cccc(OC)c1)C(=O)COc1ccc(F)cc1. The molecule has 3 rings (SSSR count). The maximum absolute atomic E-state index is 13.4. The van der Waals surface area contributed by atoms with Gasteiger partial charge in [0.1, 0.15) is 23.4 Å². The summed E-state index contributed by atoms with van der Waals surface area (Å²) in [7, 11) is 1.57. The minimum absolute atomic E-state index is 0.192. The van der Waals surface area contributed by atoms with Crippen LogP contribution in [0.3, 0.4) is 0 Å².